The largest absolute Gasteiger partial charge is 0.385 e. The maximum absolute atomic E-state index is 5.62. The van der Waals surface area contributed by atoms with Crippen molar-refractivity contribution in [1.29, 1.82) is 0 Å². The second-order valence-corrected chi connectivity index (χ2v) is 3.17. The summed E-state index contributed by atoms with van der Waals surface area (Å²) < 4.78 is 7.26. The summed E-state index contributed by atoms with van der Waals surface area (Å²) in [5.41, 5.74) is 8.09. The number of nitrogens with two attached hydrogens (primary N) is 1. The number of rotatable bonds is 5. The topological polar surface area (TPSA) is 40.2 Å². The van der Waals surface area contributed by atoms with Crippen LogP contribution < -0.4 is 5.73 Å². The molecule has 13 heavy (non-hydrogen) atoms. The van der Waals surface area contributed by atoms with Crippen molar-refractivity contribution in [1.82, 2.24) is 4.57 Å². The van der Waals surface area contributed by atoms with Gasteiger partial charge in [0.2, 0.25) is 0 Å². The molecule has 0 amide bonds. The lowest BCUT2D eigenvalue weighted by atomic mass is 10.4. The molecule has 0 unspecified atom stereocenters. The van der Waals surface area contributed by atoms with Crippen LogP contribution in [0.15, 0.2) is 12.1 Å². The van der Waals surface area contributed by atoms with Gasteiger partial charge in [0.15, 0.2) is 0 Å². The predicted molar refractivity (Wildman–Crippen MR) is 53.6 cm³/mol. The van der Waals surface area contributed by atoms with Gasteiger partial charge in [-0.2, -0.15) is 0 Å². The molecule has 0 aliphatic carbocycles. The Balaban J connectivity index is 2.57. The van der Waals surface area contributed by atoms with E-state index in [0.29, 0.717) is 6.54 Å². The summed E-state index contributed by atoms with van der Waals surface area (Å²) in [6, 6.07) is 4.19. The summed E-state index contributed by atoms with van der Waals surface area (Å²) in [5.74, 6) is 0. The molecule has 0 saturated heterocycles. The fourth-order valence-corrected chi connectivity index (χ4v) is 1.49. The Morgan fingerprint density at radius 1 is 1.46 bits per heavy atom. The molecule has 0 aliphatic rings. The van der Waals surface area contributed by atoms with Gasteiger partial charge >= 0.3 is 0 Å². The lowest BCUT2D eigenvalue weighted by Crippen LogP contribution is -2.10. The summed E-state index contributed by atoms with van der Waals surface area (Å²) in [6.45, 7) is 4.52. The molecule has 1 aromatic heterocycles. The third-order valence-electron chi connectivity index (χ3n) is 2.23. The summed E-state index contributed by atoms with van der Waals surface area (Å²) >= 11 is 0. The van der Waals surface area contributed by atoms with E-state index in [2.05, 4.69) is 23.6 Å². The summed E-state index contributed by atoms with van der Waals surface area (Å²) in [7, 11) is 1.73. The summed E-state index contributed by atoms with van der Waals surface area (Å²) in [4.78, 5) is 0. The van der Waals surface area contributed by atoms with E-state index in [9.17, 15) is 0 Å². The second-order valence-electron chi connectivity index (χ2n) is 3.17. The Kier molecular flexibility index (Phi) is 3.99. The summed E-state index contributed by atoms with van der Waals surface area (Å²) in [6.07, 6.45) is 1.04. The first-order valence-electron chi connectivity index (χ1n) is 4.63. The van der Waals surface area contributed by atoms with Crippen molar-refractivity contribution in [3.63, 3.8) is 0 Å². The Morgan fingerprint density at radius 2 is 2.23 bits per heavy atom. The first-order valence-corrected chi connectivity index (χ1v) is 4.63. The fraction of sp³-hybridized carbons (Fsp3) is 0.600. The molecule has 0 fully saturated rings. The maximum Gasteiger partial charge on any atom is 0.0479 e. The van der Waals surface area contributed by atoms with Crippen LogP contribution in [0.25, 0.3) is 0 Å². The highest BCUT2D eigenvalue weighted by atomic mass is 16.5. The first kappa shape index (κ1) is 10.3. The summed E-state index contributed by atoms with van der Waals surface area (Å²) in [5, 5.41) is 0. The standard InChI is InChI=1S/C10H18N2O/c1-9-4-5-10(8-11)12(9)6-3-7-13-2/h4-5H,3,6-8,11H2,1-2H3. The molecule has 1 aromatic rings. The predicted octanol–water partition coefficient (Wildman–Crippen LogP) is 1.29. The molecule has 0 saturated carbocycles. The van der Waals surface area contributed by atoms with Gasteiger partial charge in [0, 0.05) is 38.2 Å². The highest BCUT2D eigenvalue weighted by Gasteiger charge is 2.01. The minimum Gasteiger partial charge on any atom is -0.385 e. The van der Waals surface area contributed by atoms with Crippen LogP contribution in [0.1, 0.15) is 17.8 Å². The second kappa shape index (κ2) is 5.04. The van der Waals surface area contributed by atoms with Gasteiger partial charge in [-0.3, -0.25) is 0 Å². The van der Waals surface area contributed by atoms with Crippen molar-refractivity contribution in [3.05, 3.63) is 23.5 Å². The number of aromatic nitrogens is 1. The quantitative estimate of drug-likeness (QED) is 0.697. The van der Waals surface area contributed by atoms with Gasteiger partial charge < -0.3 is 15.0 Å². The van der Waals surface area contributed by atoms with E-state index in [1.807, 2.05) is 0 Å². The molecule has 0 radical (unpaired) electrons. The molecular formula is C10H18N2O. The van der Waals surface area contributed by atoms with Crippen LogP contribution in [0.5, 0.6) is 0 Å². The molecule has 3 nitrogen and oxygen atoms in total. The maximum atomic E-state index is 5.62. The molecule has 0 aliphatic heterocycles. The van der Waals surface area contributed by atoms with Gasteiger partial charge in [0.25, 0.3) is 0 Å². The molecule has 2 N–H and O–H groups in total. The molecular weight excluding hydrogens is 164 g/mol. The molecule has 1 rings (SSSR count). The minimum atomic E-state index is 0.612. The minimum absolute atomic E-state index is 0.612. The van der Waals surface area contributed by atoms with Crippen molar-refractivity contribution in [2.75, 3.05) is 13.7 Å². The molecule has 0 aromatic carbocycles. The average Bonchev–Trinajstić information content (AvgIpc) is 2.48. The third kappa shape index (κ3) is 2.57. The number of aryl methyl sites for hydroxylation is 1. The van der Waals surface area contributed by atoms with Gasteiger partial charge in [0.05, 0.1) is 0 Å². The molecule has 0 atom stereocenters. The van der Waals surface area contributed by atoms with Gasteiger partial charge in [-0.25, -0.2) is 0 Å². The highest BCUT2D eigenvalue weighted by molar-refractivity contribution is 5.14. The smallest absolute Gasteiger partial charge is 0.0479 e. The van der Waals surface area contributed by atoms with Crippen LogP contribution >= 0.6 is 0 Å². The van der Waals surface area contributed by atoms with Crippen LogP contribution in [0, 0.1) is 6.92 Å². The molecule has 74 valence electrons. The van der Waals surface area contributed by atoms with E-state index < -0.39 is 0 Å². The van der Waals surface area contributed by atoms with E-state index in [1.54, 1.807) is 7.11 Å². The van der Waals surface area contributed by atoms with Gasteiger partial charge in [-0.1, -0.05) is 0 Å². The van der Waals surface area contributed by atoms with E-state index in [-0.39, 0.29) is 0 Å². The zero-order valence-electron chi connectivity index (χ0n) is 8.42. The fourth-order valence-electron chi connectivity index (χ4n) is 1.49. The highest BCUT2D eigenvalue weighted by Crippen LogP contribution is 2.08. The zero-order valence-corrected chi connectivity index (χ0v) is 8.42. The van der Waals surface area contributed by atoms with Crippen LogP contribution in [-0.2, 0) is 17.8 Å². The van der Waals surface area contributed by atoms with E-state index in [4.69, 9.17) is 10.5 Å². The van der Waals surface area contributed by atoms with Crippen LogP contribution in [0.3, 0.4) is 0 Å². The van der Waals surface area contributed by atoms with Crippen molar-refractivity contribution in [2.24, 2.45) is 5.73 Å². The van der Waals surface area contributed by atoms with E-state index >= 15 is 0 Å². The normalized spacial score (nSPS) is 10.7. The first-order chi connectivity index (χ1) is 6.29. The number of hydrogen-bond donors (Lipinski definition) is 1. The van der Waals surface area contributed by atoms with Crippen LogP contribution in [0.2, 0.25) is 0 Å². The number of nitrogens with zero attached hydrogens (tertiary/aromatic N) is 1. The lowest BCUT2D eigenvalue weighted by Gasteiger charge is -2.09. The van der Waals surface area contributed by atoms with Crippen molar-refractivity contribution < 1.29 is 4.74 Å². The van der Waals surface area contributed by atoms with Crippen LogP contribution in [-0.4, -0.2) is 18.3 Å². The average molecular weight is 182 g/mol. The molecule has 1 heterocycles. The van der Waals surface area contributed by atoms with Gasteiger partial charge in [-0.05, 0) is 25.5 Å². The van der Waals surface area contributed by atoms with Gasteiger partial charge in [-0.15, -0.1) is 0 Å². The van der Waals surface area contributed by atoms with Crippen molar-refractivity contribution in [3.8, 4) is 0 Å². The third-order valence-corrected chi connectivity index (χ3v) is 2.23. The monoisotopic (exact) mass is 182 g/mol. The number of hydrogen-bond acceptors (Lipinski definition) is 2. The SMILES string of the molecule is COCCCn1c(C)ccc1CN. The van der Waals surface area contributed by atoms with E-state index in [0.717, 1.165) is 19.6 Å². The Morgan fingerprint density at radius 3 is 2.85 bits per heavy atom. The van der Waals surface area contributed by atoms with Crippen molar-refractivity contribution in [2.45, 2.75) is 26.4 Å². The Hall–Kier alpha value is -0.800. The Bertz CT molecular complexity index is 255. The van der Waals surface area contributed by atoms with Crippen molar-refractivity contribution >= 4 is 0 Å². The Labute approximate surface area is 79.5 Å². The number of ether oxygens (including phenoxy) is 1. The number of methoxy groups -OCH3 is 1. The molecule has 0 bridgehead atoms. The van der Waals surface area contributed by atoms with Gasteiger partial charge in [0.1, 0.15) is 0 Å². The molecule has 0 spiro atoms. The van der Waals surface area contributed by atoms with E-state index in [1.165, 1.54) is 11.4 Å². The lowest BCUT2D eigenvalue weighted by molar-refractivity contribution is 0.190. The molecule has 3 heteroatoms. The van der Waals surface area contributed by atoms with Crippen LogP contribution in [0.4, 0.5) is 0 Å². The zero-order chi connectivity index (χ0) is 9.68.